The van der Waals surface area contributed by atoms with Gasteiger partial charge in [0.2, 0.25) is 4.75 Å². The molecule has 0 heterocycles. The molecule has 20 heavy (non-hydrogen) atoms. The third kappa shape index (κ3) is 8.85. The Balaban J connectivity index is 3.42. The molecule has 0 aliphatic heterocycles. The molecule has 0 spiro atoms. The van der Waals surface area contributed by atoms with Crippen molar-refractivity contribution in [2.45, 2.75) is 89.7 Å². The van der Waals surface area contributed by atoms with E-state index in [1.807, 2.05) is 0 Å². The van der Waals surface area contributed by atoms with Crippen LogP contribution < -0.4 is 0 Å². The van der Waals surface area contributed by atoms with Gasteiger partial charge >= 0.3 is 5.97 Å². The first-order valence-corrected chi connectivity index (χ1v) is 9.36. The number of rotatable bonds is 13. The van der Waals surface area contributed by atoms with Gasteiger partial charge in [-0.1, -0.05) is 58.3 Å². The van der Waals surface area contributed by atoms with Crippen molar-refractivity contribution < 1.29 is 14.5 Å². The summed E-state index contributed by atoms with van der Waals surface area (Å²) in [5, 5.41) is 8.98. The molecule has 0 fully saturated rings. The van der Waals surface area contributed by atoms with Gasteiger partial charge in [-0.3, -0.25) is 0 Å². The van der Waals surface area contributed by atoms with E-state index in [2.05, 4.69) is 6.92 Å². The van der Waals surface area contributed by atoms with Gasteiger partial charge in [-0.25, -0.2) is 4.79 Å². The Morgan fingerprint density at radius 3 is 1.75 bits per heavy atom. The van der Waals surface area contributed by atoms with E-state index in [-0.39, 0.29) is 0 Å². The van der Waals surface area contributed by atoms with E-state index in [4.69, 9.17) is 5.11 Å². The van der Waals surface area contributed by atoms with Crippen LogP contribution in [0.15, 0.2) is 0 Å². The number of carboxylic acids is 1. The Morgan fingerprint density at radius 1 is 0.950 bits per heavy atom. The minimum Gasteiger partial charge on any atom is -0.615 e. The van der Waals surface area contributed by atoms with Gasteiger partial charge in [0.25, 0.3) is 0 Å². The molecule has 0 amide bonds. The van der Waals surface area contributed by atoms with Crippen LogP contribution in [0.25, 0.3) is 0 Å². The summed E-state index contributed by atoms with van der Waals surface area (Å²) in [6.07, 6.45) is 12.4. The molecule has 0 aromatic rings. The summed E-state index contributed by atoms with van der Waals surface area (Å²) in [4.78, 5) is 11.0. The topological polar surface area (TPSA) is 60.4 Å². The largest absolute Gasteiger partial charge is 0.615 e. The zero-order valence-electron chi connectivity index (χ0n) is 13.5. The molecule has 0 saturated heterocycles. The van der Waals surface area contributed by atoms with Crippen molar-refractivity contribution in [2.24, 2.45) is 0 Å². The predicted octanol–water partition coefficient (Wildman–Crippen LogP) is 4.52. The van der Waals surface area contributed by atoms with E-state index in [1.165, 1.54) is 51.4 Å². The van der Waals surface area contributed by atoms with Crippen molar-refractivity contribution in [2.75, 3.05) is 5.75 Å². The van der Waals surface area contributed by atoms with Crippen molar-refractivity contribution in [1.29, 1.82) is 0 Å². The maximum Gasteiger partial charge on any atom is 0.359 e. The lowest BCUT2D eigenvalue weighted by Gasteiger charge is -2.24. The molecule has 0 aromatic carbocycles. The molecule has 0 rings (SSSR count). The van der Waals surface area contributed by atoms with Crippen LogP contribution in [0.1, 0.15) is 85.0 Å². The summed E-state index contributed by atoms with van der Waals surface area (Å²) < 4.78 is 10.8. The minimum absolute atomic E-state index is 0.510. The predicted molar refractivity (Wildman–Crippen MR) is 86.6 cm³/mol. The van der Waals surface area contributed by atoms with Gasteiger partial charge in [0.1, 0.15) is 5.75 Å². The third-order valence-corrected chi connectivity index (χ3v) is 5.74. The minimum atomic E-state index is -1.27. The number of unbranched alkanes of at least 4 members (excludes halogenated alkanes) is 9. The Labute approximate surface area is 127 Å². The Kier molecular flexibility index (Phi) is 11.3. The van der Waals surface area contributed by atoms with Gasteiger partial charge in [-0.05, 0) is 37.9 Å². The number of hydrogen-bond donors (Lipinski definition) is 1. The zero-order chi connectivity index (χ0) is 15.4. The number of carboxylic acid groups (broad SMARTS) is 1. The average molecular weight is 304 g/mol. The molecule has 0 aromatic heterocycles. The van der Waals surface area contributed by atoms with Crippen molar-refractivity contribution in [3.8, 4) is 0 Å². The summed E-state index contributed by atoms with van der Waals surface area (Å²) in [6.45, 7) is 5.32. The fourth-order valence-corrected chi connectivity index (χ4v) is 3.24. The quantitative estimate of drug-likeness (QED) is 0.402. The van der Waals surface area contributed by atoms with Gasteiger partial charge in [0.15, 0.2) is 0 Å². The lowest BCUT2D eigenvalue weighted by molar-refractivity contribution is -0.139. The van der Waals surface area contributed by atoms with E-state index in [0.29, 0.717) is 5.75 Å². The van der Waals surface area contributed by atoms with E-state index in [9.17, 15) is 9.35 Å². The van der Waals surface area contributed by atoms with Gasteiger partial charge in [0.05, 0.1) is 0 Å². The molecule has 3 nitrogen and oxygen atoms in total. The van der Waals surface area contributed by atoms with E-state index in [1.54, 1.807) is 13.8 Å². The highest BCUT2D eigenvalue weighted by molar-refractivity contribution is 7.93. The van der Waals surface area contributed by atoms with Gasteiger partial charge < -0.3 is 9.66 Å². The Morgan fingerprint density at radius 2 is 1.35 bits per heavy atom. The number of aliphatic carboxylic acids is 1. The van der Waals surface area contributed by atoms with Crippen LogP contribution >= 0.6 is 0 Å². The van der Waals surface area contributed by atoms with Crippen LogP contribution in [0.4, 0.5) is 0 Å². The Bertz CT molecular complexity index is 254. The van der Waals surface area contributed by atoms with E-state index < -0.39 is 21.9 Å². The third-order valence-electron chi connectivity index (χ3n) is 3.77. The molecule has 120 valence electrons. The first-order chi connectivity index (χ1) is 9.42. The van der Waals surface area contributed by atoms with Gasteiger partial charge in [-0.15, -0.1) is 0 Å². The molecule has 4 heteroatoms. The molecular formula is C16H32O3S. The van der Waals surface area contributed by atoms with E-state index >= 15 is 0 Å². The smallest absolute Gasteiger partial charge is 0.359 e. The zero-order valence-corrected chi connectivity index (χ0v) is 14.3. The molecule has 0 radical (unpaired) electrons. The molecule has 1 unspecified atom stereocenters. The average Bonchev–Trinajstić information content (AvgIpc) is 2.40. The summed E-state index contributed by atoms with van der Waals surface area (Å²) in [7, 11) is 0. The molecule has 0 aliphatic carbocycles. The lowest BCUT2D eigenvalue weighted by Crippen LogP contribution is -2.41. The first kappa shape index (κ1) is 19.8. The maximum absolute atomic E-state index is 11.9. The van der Waals surface area contributed by atoms with Crippen molar-refractivity contribution in [3.63, 3.8) is 0 Å². The van der Waals surface area contributed by atoms with Crippen molar-refractivity contribution in [3.05, 3.63) is 0 Å². The molecule has 1 atom stereocenters. The molecule has 0 aliphatic rings. The maximum atomic E-state index is 11.9. The van der Waals surface area contributed by atoms with Crippen LogP contribution in [0, 0.1) is 0 Å². The van der Waals surface area contributed by atoms with Crippen LogP contribution in [0.5, 0.6) is 0 Å². The standard InChI is InChI=1S/C16H32O3S/c1-4-5-6-7-8-9-10-11-12-13-14-20(19)16(2,3)15(17)18/h4-14H2,1-3H3,(H,17,18). The number of hydrogen-bond acceptors (Lipinski definition) is 2. The molecule has 1 N–H and O–H groups in total. The summed E-state index contributed by atoms with van der Waals surface area (Å²) in [6, 6.07) is 0. The first-order valence-electron chi connectivity index (χ1n) is 8.04. The van der Waals surface area contributed by atoms with Crippen LogP contribution in [0.3, 0.4) is 0 Å². The SMILES string of the molecule is CCCCCCCCCCCC[S+]([O-])C(C)(C)C(=O)O. The highest BCUT2D eigenvalue weighted by Crippen LogP contribution is 2.19. The van der Waals surface area contributed by atoms with Gasteiger partial charge in [0, 0.05) is 0 Å². The summed E-state index contributed by atoms with van der Waals surface area (Å²) in [5.41, 5.74) is 0. The highest BCUT2D eigenvalue weighted by Gasteiger charge is 2.39. The second-order valence-corrected chi connectivity index (χ2v) is 8.17. The fraction of sp³-hybridized carbons (Fsp3) is 0.938. The lowest BCUT2D eigenvalue weighted by atomic mass is 10.1. The van der Waals surface area contributed by atoms with Gasteiger partial charge in [-0.2, -0.15) is 0 Å². The van der Waals surface area contributed by atoms with Crippen LogP contribution in [-0.2, 0) is 16.0 Å². The monoisotopic (exact) mass is 304 g/mol. The highest BCUT2D eigenvalue weighted by atomic mass is 32.2. The van der Waals surface area contributed by atoms with Crippen LogP contribution in [-0.4, -0.2) is 26.1 Å². The van der Waals surface area contributed by atoms with E-state index in [0.717, 1.165) is 12.8 Å². The Hall–Kier alpha value is -0.220. The molecule has 0 bridgehead atoms. The second kappa shape index (κ2) is 11.4. The normalized spacial score (nSPS) is 13.4. The van der Waals surface area contributed by atoms with Crippen LogP contribution in [0.2, 0.25) is 0 Å². The second-order valence-electron chi connectivity index (χ2n) is 6.05. The molecule has 0 saturated carbocycles. The summed E-state index contributed by atoms with van der Waals surface area (Å²) in [5.74, 6) is -0.460. The molecular weight excluding hydrogens is 272 g/mol. The van der Waals surface area contributed by atoms with Crippen molar-refractivity contribution >= 4 is 17.1 Å². The summed E-state index contributed by atoms with van der Waals surface area (Å²) >= 11 is -1.27. The fourth-order valence-electron chi connectivity index (χ4n) is 2.07. The van der Waals surface area contributed by atoms with Crippen molar-refractivity contribution in [1.82, 2.24) is 0 Å². The number of carbonyl (C=O) groups is 1.